The van der Waals surface area contributed by atoms with Gasteiger partial charge in [0.2, 0.25) is 0 Å². The summed E-state index contributed by atoms with van der Waals surface area (Å²) in [4.78, 5) is 2.31. The van der Waals surface area contributed by atoms with Crippen molar-refractivity contribution >= 4 is 38.9 Å². The quantitative estimate of drug-likeness (QED) is 0.170. The van der Waals surface area contributed by atoms with Gasteiger partial charge in [-0.15, -0.1) is 0 Å². The second-order valence-corrected chi connectivity index (χ2v) is 14.6. The van der Waals surface area contributed by atoms with Crippen LogP contribution >= 0.6 is 0 Å². The van der Waals surface area contributed by atoms with Gasteiger partial charge >= 0.3 is 0 Å². The smallest absolute Gasteiger partial charge is 0.152 e. The van der Waals surface area contributed by atoms with E-state index in [-0.39, 0.29) is 0 Å². The first-order chi connectivity index (χ1) is 28.2. The standard InChI is InChI=1S/C54H36N2O/c1-3-13-37(14-4-1)39-25-29-45(30-26-39)55-49-22-8-7-21-47(49)48-31-27-43(35-52(48)55)40-17-11-18-41(33-40)44-28-32-51-54(36-44)57-53-24-10-9-23-50(53)56(51)46-20-12-19-42(34-46)38-15-5-2-6-16-38/h1-36H. The number of fused-ring (bicyclic) bond motifs is 5. The molecule has 2 heterocycles. The molecule has 0 unspecified atom stereocenters. The zero-order valence-corrected chi connectivity index (χ0v) is 31.1. The summed E-state index contributed by atoms with van der Waals surface area (Å²) >= 11 is 0. The fraction of sp³-hybridized carbons (Fsp3) is 0. The molecular weight excluding hydrogens is 693 g/mol. The summed E-state index contributed by atoms with van der Waals surface area (Å²) in [6, 6.07) is 78.0. The number of rotatable bonds is 6. The van der Waals surface area contributed by atoms with E-state index >= 15 is 0 Å². The summed E-state index contributed by atoms with van der Waals surface area (Å²) in [5.74, 6) is 1.66. The van der Waals surface area contributed by atoms with E-state index in [0.717, 1.165) is 50.9 Å². The van der Waals surface area contributed by atoms with Crippen molar-refractivity contribution < 1.29 is 4.74 Å². The molecule has 0 saturated carbocycles. The highest BCUT2D eigenvalue weighted by molar-refractivity contribution is 6.10. The molecule has 1 aliphatic rings. The number of para-hydroxylation sites is 3. The summed E-state index contributed by atoms with van der Waals surface area (Å²) in [5.41, 5.74) is 16.0. The normalized spacial score (nSPS) is 12.0. The van der Waals surface area contributed by atoms with Gasteiger partial charge in [0.05, 0.1) is 22.4 Å². The SMILES string of the molecule is c1ccc(-c2ccc(-n3c4ccccc4c4ccc(-c5cccc(-c6ccc7c(c6)Oc6ccccc6N7c6cccc(-c7ccccc7)c6)c5)cc43)cc2)cc1. The molecule has 0 atom stereocenters. The number of aromatic nitrogens is 1. The number of ether oxygens (including phenoxy) is 1. The first kappa shape index (κ1) is 32.8. The largest absolute Gasteiger partial charge is 0.453 e. The third kappa shape index (κ3) is 5.76. The molecule has 3 nitrogen and oxygen atoms in total. The predicted molar refractivity (Wildman–Crippen MR) is 237 cm³/mol. The molecule has 0 N–H and O–H groups in total. The molecule has 9 aromatic carbocycles. The van der Waals surface area contributed by atoms with Crippen molar-refractivity contribution in [2.75, 3.05) is 4.90 Å². The molecule has 3 heteroatoms. The third-order valence-corrected chi connectivity index (χ3v) is 11.2. The summed E-state index contributed by atoms with van der Waals surface area (Å²) in [6.07, 6.45) is 0. The number of hydrogen-bond donors (Lipinski definition) is 0. The van der Waals surface area contributed by atoms with Crippen molar-refractivity contribution in [3.05, 3.63) is 218 Å². The van der Waals surface area contributed by atoms with Gasteiger partial charge in [0.15, 0.2) is 11.5 Å². The van der Waals surface area contributed by atoms with Crippen LogP contribution in [0.1, 0.15) is 0 Å². The second-order valence-electron chi connectivity index (χ2n) is 14.6. The van der Waals surface area contributed by atoms with Crippen molar-refractivity contribution in [2.45, 2.75) is 0 Å². The number of hydrogen-bond acceptors (Lipinski definition) is 2. The van der Waals surface area contributed by atoms with Gasteiger partial charge in [-0.2, -0.15) is 0 Å². The van der Waals surface area contributed by atoms with Crippen LogP contribution in [-0.4, -0.2) is 4.57 Å². The van der Waals surface area contributed by atoms with Gasteiger partial charge in [0, 0.05) is 22.1 Å². The van der Waals surface area contributed by atoms with Crippen molar-refractivity contribution in [1.29, 1.82) is 0 Å². The van der Waals surface area contributed by atoms with Gasteiger partial charge < -0.3 is 14.2 Å². The molecule has 0 spiro atoms. The fourth-order valence-corrected chi connectivity index (χ4v) is 8.41. The van der Waals surface area contributed by atoms with Crippen LogP contribution in [0.4, 0.5) is 17.1 Å². The van der Waals surface area contributed by atoms with Crippen LogP contribution in [0.25, 0.3) is 72.0 Å². The minimum atomic E-state index is 0.825. The van der Waals surface area contributed by atoms with Gasteiger partial charge in [0.25, 0.3) is 0 Å². The Morgan fingerprint density at radius 2 is 0.807 bits per heavy atom. The Bertz CT molecular complexity index is 3090. The maximum Gasteiger partial charge on any atom is 0.152 e. The van der Waals surface area contributed by atoms with Crippen molar-refractivity contribution in [2.24, 2.45) is 0 Å². The van der Waals surface area contributed by atoms with E-state index in [1.54, 1.807) is 0 Å². The highest BCUT2D eigenvalue weighted by Gasteiger charge is 2.26. The monoisotopic (exact) mass is 728 g/mol. The van der Waals surface area contributed by atoms with Gasteiger partial charge in [0.1, 0.15) is 0 Å². The molecule has 10 aromatic rings. The lowest BCUT2D eigenvalue weighted by Crippen LogP contribution is -2.15. The van der Waals surface area contributed by atoms with E-state index in [0.29, 0.717) is 0 Å². The predicted octanol–water partition coefficient (Wildman–Crippen LogP) is 15.0. The first-order valence-electron chi connectivity index (χ1n) is 19.4. The zero-order valence-electron chi connectivity index (χ0n) is 31.1. The number of anilines is 3. The van der Waals surface area contributed by atoms with Crippen molar-refractivity contribution in [1.82, 2.24) is 4.57 Å². The maximum absolute atomic E-state index is 6.64. The third-order valence-electron chi connectivity index (χ3n) is 11.2. The first-order valence-corrected chi connectivity index (χ1v) is 19.4. The zero-order chi connectivity index (χ0) is 37.7. The molecule has 57 heavy (non-hydrogen) atoms. The van der Waals surface area contributed by atoms with Crippen LogP contribution < -0.4 is 9.64 Å². The molecule has 268 valence electrons. The molecule has 0 fully saturated rings. The van der Waals surface area contributed by atoms with Crippen LogP contribution in [0, 0.1) is 0 Å². The van der Waals surface area contributed by atoms with E-state index in [4.69, 9.17) is 4.74 Å². The van der Waals surface area contributed by atoms with Crippen LogP contribution in [0.5, 0.6) is 11.5 Å². The van der Waals surface area contributed by atoms with E-state index in [1.807, 2.05) is 12.1 Å². The van der Waals surface area contributed by atoms with Crippen molar-refractivity contribution in [3.63, 3.8) is 0 Å². The van der Waals surface area contributed by atoms with Crippen LogP contribution in [0.15, 0.2) is 218 Å². The maximum atomic E-state index is 6.64. The summed E-state index contributed by atoms with van der Waals surface area (Å²) in [5, 5.41) is 2.49. The van der Waals surface area contributed by atoms with Crippen LogP contribution in [0.3, 0.4) is 0 Å². The Morgan fingerprint density at radius 3 is 1.60 bits per heavy atom. The summed E-state index contributed by atoms with van der Waals surface area (Å²) in [7, 11) is 0. The topological polar surface area (TPSA) is 17.4 Å². The van der Waals surface area contributed by atoms with E-state index in [1.165, 1.54) is 49.6 Å². The minimum Gasteiger partial charge on any atom is -0.453 e. The van der Waals surface area contributed by atoms with Gasteiger partial charge in [-0.3, -0.25) is 0 Å². The molecule has 11 rings (SSSR count). The Labute approximate surface area is 331 Å². The molecule has 0 saturated heterocycles. The Balaban J connectivity index is 0.973. The average molecular weight is 729 g/mol. The Morgan fingerprint density at radius 1 is 0.281 bits per heavy atom. The fourth-order valence-electron chi connectivity index (χ4n) is 8.41. The number of nitrogens with zero attached hydrogens (tertiary/aromatic N) is 2. The molecule has 0 radical (unpaired) electrons. The second kappa shape index (κ2) is 13.6. The molecule has 0 amide bonds. The molecule has 1 aliphatic heterocycles. The lowest BCUT2D eigenvalue weighted by Gasteiger charge is -2.33. The highest BCUT2D eigenvalue weighted by atomic mass is 16.5. The lowest BCUT2D eigenvalue weighted by molar-refractivity contribution is 0.477. The Hall–Kier alpha value is -7.62. The van der Waals surface area contributed by atoms with Crippen LogP contribution in [-0.2, 0) is 0 Å². The van der Waals surface area contributed by atoms with Gasteiger partial charge in [-0.25, -0.2) is 0 Å². The summed E-state index contributed by atoms with van der Waals surface area (Å²) in [6.45, 7) is 0. The lowest BCUT2D eigenvalue weighted by atomic mass is 9.97. The van der Waals surface area contributed by atoms with E-state index in [2.05, 4.69) is 216 Å². The molecular formula is C54H36N2O. The van der Waals surface area contributed by atoms with Gasteiger partial charge in [-0.1, -0.05) is 152 Å². The van der Waals surface area contributed by atoms with Gasteiger partial charge in [-0.05, 0) is 111 Å². The van der Waals surface area contributed by atoms with Crippen LogP contribution in [0.2, 0.25) is 0 Å². The summed E-state index contributed by atoms with van der Waals surface area (Å²) < 4.78 is 9.04. The Kier molecular flexibility index (Phi) is 7.82. The highest BCUT2D eigenvalue weighted by Crippen LogP contribution is 2.51. The average Bonchev–Trinajstić information content (AvgIpc) is 3.62. The van der Waals surface area contributed by atoms with E-state index < -0.39 is 0 Å². The molecule has 1 aromatic heterocycles. The molecule has 0 bridgehead atoms. The molecule has 0 aliphatic carbocycles. The van der Waals surface area contributed by atoms with E-state index in [9.17, 15) is 0 Å². The number of benzene rings is 9. The minimum absolute atomic E-state index is 0.825. The van der Waals surface area contributed by atoms with Crippen molar-refractivity contribution in [3.8, 4) is 61.7 Å².